The number of aromatic nitrogens is 2. The largest absolute Gasteiger partial charge is 0.357 e. The monoisotopic (exact) mass is 444 g/mol. The van der Waals surface area contributed by atoms with Gasteiger partial charge in [-0.05, 0) is 36.2 Å². The summed E-state index contributed by atoms with van der Waals surface area (Å²) in [6.07, 6.45) is 4.20. The number of nitrogens with one attached hydrogen (secondary N) is 2. The van der Waals surface area contributed by atoms with Crippen molar-refractivity contribution in [2.24, 2.45) is 0 Å². The third-order valence-corrected chi connectivity index (χ3v) is 5.77. The first-order chi connectivity index (χ1) is 16.1. The lowest BCUT2D eigenvalue weighted by molar-refractivity contribution is -0.127. The number of carbonyl (C=O) groups is 2. The lowest BCUT2D eigenvalue weighted by Gasteiger charge is -2.40. The summed E-state index contributed by atoms with van der Waals surface area (Å²) in [7, 11) is 1.61. The predicted octanol–water partition coefficient (Wildman–Crippen LogP) is 2.34. The van der Waals surface area contributed by atoms with Gasteiger partial charge in [0.1, 0.15) is 6.04 Å². The smallest absolute Gasteiger partial charge is 0.254 e. The number of hydrogen-bond acceptors (Lipinski definition) is 6. The van der Waals surface area contributed by atoms with Gasteiger partial charge in [0.05, 0.1) is 0 Å². The number of carbonyl (C=O) groups excluding carboxylic acids is 2. The van der Waals surface area contributed by atoms with Gasteiger partial charge in [-0.3, -0.25) is 14.5 Å². The Morgan fingerprint density at radius 2 is 1.79 bits per heavy atom. The third-order valence-electron chi connectivity index (χ3n) is 5.77. The third kappa shape index (κ3) is 5.72. The molecule has 0 unspecified atom stereocenters. The van der Waals surface area contributed by atoms with E-state index in [9.17, 15) is 9.59 Å². The van der Waals surface area contributed by atoms with Crippen LogP contribution >= 0.6 is 0 Å². The van der Waals surface area contributed by atoms with E-state index in [1.807, 2.05) is 30.3 Å². The average Bonchev–Trinajstić information content (AvgIpc) is 2.88. The number of hydrogen-bond donors (Lipinski definition) is 2. The molecule has 1 saturated heterocycles. The summed E-state index contributed by atoms with van der Waals surface area (Å²) < 4.78 is 0. The predicted molar refractivity (Wildman–Crippen MR) is 127 cm³/mol. The van der Waals surface area contributed by atoms with Crippen LogP contribution in [0.25, 0.3) is 0 Å². The molecule has 33 heavy (non-hydrogen) atoms. The number of amides is 2. The van der Waals surface area contributed by atoms with Crippen LogP contribution in [0.3, 0.4) is 0 Å². The first kappa shape index (κ1) is 22.4. The Hall–Kier alpha value is -3.78. The minimum absolute atomic E-state index is 0.153. The lowest BCUT2D eigenvalue weighted by Crippen LogP contribution is -2.60. The van der Waals surface area contributed by atoms with Gasteiger partial charge < -0.3 is 15.5 Å². The van der Waals surface area contributed by atoms with Gasteiger partial charge in [0, 0.05) is 56.9 Å². The van der Waals surface area contributed by atoms with Crippen LogP contribution in [-0.4, -0.2) is 70.9 Å². The van der Waals surface area contributed by atoms with Crippen LogP contribution < -0.4 is 10.6 Å². The molecule has 1 aliphatic rings. The summed E-state index contributed by atoms with van der Waals surface area (Å²) >= 11 is 0. The second kappa shape index (κ2) is 10.7. The molecule has 1 fully saturated rings. The second-order valence-corrected chi connectivity index (χ2v) is 7.94. The van der Waals surface area contributed by atoms with Crippen molar-refractivity contribution in [2.75, 3.05) is 38.5 Å². The van der Waals surface area contributed by atoms with Gasteiger partial charge in [-0.25, -0.2) is 9.97 Å². The number of nitrogens with zero attached hydrogens (tertiary/aromatic N) is 4. The average molecular weight is 445 g/mol. The zero-order valence-corrected chi connectivity index (χ0v) is 18.6. The highest BCUT2D eigenvalue weighted by atomic mass is 16.2. The maximum Gasteiger partial charge on any atom is 0.254 e. The van der Waals surface area contributed by atoms with Crippen LogP contribution in [0.1, 0.15) is 15.9 Å². The van der Waals surface area contributed by atoms with Crippen molar-refractivity contribution in [1.29, 1.82) is 0 Å². The highest BCUT2D eigenvalue weighted by Gasteiger charge is 2.35. The van der Waals surface area contributed by atoms with E-state index in [0.717, 1.165) is 19.5 Å². The van der Waals surface area contributed by atoms with Crippen molar-refractivity contribution in [2.45, 2.75) is 12.5 Å². The molecule has 0 aliphatic carbocycles. The van der Waals surface area contributed by atoms with Crippen LogP contribution in [0.2, 0.25) is 0 Å². The van der Waals surface area contributed by atoms with Gasteiger partial charge in [-0.2, -0.15) is 0 Å². The zero-order valence-electron chi connectivity index (χ0n) is 18.6. The molecule has 0 bridgehead atoms. The molecule has 170 valence electrons. The molecule has 2 N–H and O–H groups in total. The van der Waals surface area contributed by atoms with E-state index in [4.69, 9.17) is 0 Å². The molecule has 0 saturated carbocycles. The fourth-order valence-corrected chi connectivity index (χ4v) is 4.00. The molecule has 0 spiro atoms. The Bertz CT molecular complexity index is 1080. The molecule has 4 rings (SSSR count). The fourth-order valence-electron chi connectivity index (χ4n) is 4.00. The molecule has 8 nitrogen and oxygen atoms in total. The van der Waals surface area contributed by atoms with Crippen molar-refractivity contribution in [1.82, 2.24) is 25.1 Å². The molecule has 8 heteroatoms. The van der Waals surface area contributed by atoms with Crippen LogP contribution in [0.4, 0.5) is 11.6 Å². The van der Waals surface area contributed by atoms with E-state index in [1.54, 1.807) is 42.5 Å². The second-order valence-electron chi connectivity index (χ2n) is 7.94. The number of likely N-dealkylation sites (N-methyl/N-ethyl adjacent to an activating group) is 1. The van der Waals surface area contributed by atoms with Crippen molar-refractivity contribution >= 4 is 23.5 Å². The molecule has 2 amide bonds. The molecule has 2 aromatic carbocycles. The summed E-state index contributed by atoms with van der Waals surface area (Å²) in [5, 5.41) is 5.83. The minimum Gasteiger partial charge on any atom is -0.357 e. The Balaban J connectivity index is 1.45. The van der Waals surface area contributed by atoms with Crippen LogP contribution in [0, 0.1) is 0 Å². The van der Waals surface area contributed by atoms with Gasteiger partial charge in [-0.1, -0.05) is 36.4 Å². The summed E-state index contributed by atoms with van der Waals surface area (Å²) in [4.78, 5) is 38.3. The molecule has 3 aromatic rings. The van der Waals surface area contributed by atoms with Gasteiger partial charge >= 0.3 is 0 Å². The first-order valence-electron chi connectivity index (χ1n) is 11.1. The summed E-state index contributed by atoms with van der Waals surface area (Å²) in [6, 6.07) is 18.7. The molecule has 1 atom stereocenters. The van der Waals surface area contributed by atoms with Crippen LogP contribution in [-0.2, 0) is 11.2 Å². The van der Waals surface area contributed by atoms with E-state index in [2.05, 4.69) is 37.6 Å². The van der Waals surface area contributed by atoms with Crippen molar-refractivity contribution in [3.05, 3.63) is 84.2 Å². The van der Waals surface area contributed by atoms with Crippen molar-refractivity contribution in [3.8, 4) is 0 Å². The van der Waals surface area contributed by atoms with E-state index in [-0.39, 0.29) is 11.8 Å². The van der Waals surface area contributed by atoms with E-state index >= 15 is 0 Å². The van der Waals surface area contributed by atoms with Crippen LogP contribution in [0.5, 0.6) is 0 Å². The highest BCUT2D eigenvalue weighted by Crippen LogP contribution is 2.19. The molecular formula is C25H28N6O2. The maximum atomic E-state index is 13.4. The molecule has 0 radical (unpaired) electrons. The SMILES string of the molecule is CNC(=O)[C@H]1CN(CCc2ccccc2)CCN1C(=O)c1cccc(Nc2ncccn2)c1. The molecule has 1 aromatic heterocycles. The highest BCUT2D eigenvalue weighted by molar-refractivity contribution is 5.98. The summed E-state index contributed by atoms with van der Waals surface area (Å²) in [5.74, 6) is 0.140. The quantitative estimate of drug-likeness (QED) is 0.581. The molecular weight excluding hydrogens is 416 g/mol. The number of piperazine rings is 1. The zero-order chi connectivity index (χ0) is 23.0. The fraction of sp³-hybridized carbons (Fsp3) is 0.280. The topological polar surface area (TPSA) is 90.5 Å². The van der Waals surface area contributed by atoms with Gasteiger partial charge in [0.25, 0.3) is 5.91 Å². The molecule has 1 aliphatic heterocycles. The number of anilines is 2. The Morgan fingerprint density at radius 1 is 1.00 bits per heavy atom. The Kier molecular flexibility index (Phi) is 7.26. The van der Waals surface area contributed by atoms with Gasteiger partial charge in [0.2, 0.25) is 11.9 Å². The van der Waals surface area contributed by atoms with Crippen LogP contribution in [0.15, 0.2) is 73.1 Å². The standard InChI is InChI=1S/C25H28N6O2/c1-26-23(32)22-18-30(14-11-19-7-3-2-4-8-19)15-16-31(22)24(33)20-9-5-10-21(17-20)29-25-27-12-6-13-28-25/h2-10,12-13,17,22H,11,14-16,18H2,1H3,(H,26,32)(H,27,28,29)/t22-/m1/s1. The van der Waals surface area contributed by atoms with Crippen molar-refractivity contribution in [3.63, 3.8) is 0 Å². The van der Waals surface area contributed by atoms with Gasteiger partial charge in [-0.15, -0.1) is 0 Å². The van der Waals surface area contributed by atoms with E-state index in [1.165, 1.54) is 5.56 Å². The van der Waals surface area contributed by atoms with E-state index < -0.39 is 6.04 Å². The Labute approximate surface area is 193 Å². The Morgan fingerprint density at radius 3 is 2.55 bits per heavy atom. The number of rotatable bonds is 7. The lowest BCUT2D eigenvalue weighted by atomic mass is 10.1. The first-order valence-corrected chi connectivity index (χ1v) is 11.1. The molecule has 2 heterocycles. The summed E-state index contributed by atoms with van der Waals surface area (Å²) in [5.41, 5.74) is 2.49. The van der Waals surface area contributed by atoms with Gasteiger partial charge in [0.15, 0.2) is 0 Å². The van der Waals surface area contributed by atoms with E-state index in [0.29, 0.717) is 30.3 Å². The van der Waals surface area contributed by atoms with Crippen molar-refractivity contribution < 1.29 is 9.59 Å². The normalized spacial score (nSPS) is 16.3. The number of benzene rings is 2. The summed E-state index contributed by atoms with van der Waals surface area (Å²) in [6.45, 7) is 2.57. The minimum atomic E-state index is -0.541. The maximum absolute atomic E-state index is 13.4.